The Morgan fingerprint density at radius 3 is 1.61 bits per heavy atom. The molecule has 4 rings (SSSR count). The molecule has 0 atom stereocenters. The van der Waals surface area contributed by atoms with Crippen LogP contribution in [0.4, 0.5) is 0 Å². The average molecular weight is 311 g/mol. The number of rotatable bonds is 2. The first-order valence-electron chi connectivity index (χ1n) is 7.77. The van der Waals surface area contributed by atoms with Crippen LogP contribution in [-0.4, -0.2) is 25.2 Å². The molecule has 23 heavy (non-hydrogen) atoms. The molecule has 0 fully saturated rings. The molecule has 0 aliphatic heterocycles. The van der Waals surface area contributed by atoms with Crippen LogP contribution in [0.25, 0.3) is 21.8 Å². The number of pyridine rings is 2. The molecule has 2 aromatic carbocycles. The maximum absolute atomic E-state index is 4.64. The lowest BCUT2D eigenvalue weighted by Gasteiger charge is -2.09. The summed E-state index contributed by atoms with van der Waals surface area (Å²) in [5.74, 6) is 0. The Morgan fingerprint density at radius 1 is 0.652 bits per heavy atom. The van der Waals surface area contributed by atoms with E-state index in [9.17, 15) is 0 Å². The second-order valence-corrected chi connectivity index (χ2v) is 7.42. The minimum Gasteiger partial charge on any atom is -0.258 e. The minimum absolute atomic E-state index is 0.0414. The van der Waals surface area contributed by atoms with Crippen molar-refractivity contribution in [2.45, 2.75) is 13.8 Å². The summed E-state index contributed by atoms with van der Waals surface area (Å²) in [7, 11) is 0. The molecule has 2 nitrogen and oxygen atoms in total. The van der Waals surface area contributed by atoms with Crippen LogP contribution in [0.15, 0.2) is 60.9 Å². The van der Waals surface area contributed by atoms with Gasteiger partial charge in [-0.2, -0.15) is 0 Å². The maximum atomic E-state index is 4.64. The predicted molar refractivity (Wildman–Crippen MR) is 98.0 cm³/mol. The summed E-state index contributed by atoms with van der Waals surface area (Å²) in [6.07, 6.45) is 3.82. The van der Waals surface area contributed by atoms with Crippen LogP contribution in [-0.2, 0) is 0 Å². The lowest BCUT2D eigenvalue weighted by Crippen LogP contribution is -2.29. The van der Waals surface area contributed by atoms with Crippen LogP contribution in [0.5, 0.6) is 0 Å². The molecule has 0 saturated carbocycles. The standard InChI is InChI=1S/2C10H8N.Al/c2*1-8-6-7-11-10-5-3-2-4-9(8)10;/h2*2-4,6-7H,1H3;. The molecule has 0 amide bonds. The fourth-order valence-electron chi connectivity index (χ4n) is 3.07. The summed E-state index contributed by atoms with van der Waals surface area (Å²) >= 11 is -0.0414. The highest BCUT2D eigenvalue weighted by Gasteiger charge is 2.10. The zero-order valence-corrected chi connectivity index (χ0v) is 14.4. The van der Waals surface area contributed by atoms with Gasteiger partial charge in [0.05, 0.1) is 11.0 Å². The van der Waals surface area contributed by atoms with Gasteiger partial charge in [0, 0.05) is 23.2 Å². The number of nitrogens with zero attached hydrogens (tertiary/aromatic N) is 2. The van der Waals surface area contributed by atoms with Gasteiger partial charge < -0.3 is 0 Å². The van der Waals surface area contributed by atoms with Crippen LogP contribution >= 0.6 is 0 Å². The summed E-state index contributed by atoms with van der Waals surface area (Å²) < 4.78 is 2.67. The smallest absolute Gasteiger partial charge is 0.258 e. The molecule has 0 N–H and O–H groups in total. The van der Waals surface area contributed by atoms with E-state index in [0.29, 0.717) is 0 Å². The highest BCUT2D eigenvalue weighted by atomic mass is 27.1. The highest BCUT2D eigenvalue weighted by Crippen LogP contribution is 2.15. The minimum atomic E-state index is -0.0414. The molecule has 0 aliphatic carbocycles. The van der Waals surface area contributed by atoms with Gasteiger partial charge in [0.1, 0.15) is 0 Å². The van der Waals surface area contributed by atoms with E-state index in [-0.39, 0.29) is 15.2 Å². The lowest BCUT2D eigenvalue weighted by atomic mass is 10.1. The molecule has 0 unspecified atom stereocenters. The van der Waals surface area contributed by atoms with Crippen LogP contribution < -0.4 is 8.85 Å². The van der Waals surface area contributed by atoms with Crippen molar-refractivity contribution in [3.05, 3.63) is 72.1 Å². The average Bonchev–Trinajstić information content (AvgIpc) is 2.57. The fraction of sp³-hybridized carbons (Fsp3) is 0.100. The molecule has 0 aliphatic rings. The van der Waals surface area contributed by atoms with Crippen molar-refractivity contribution >= 4 is 45.9 Å². The van der Waals surface area contributed by atoms with Crippen LogP contribution in [0.2, 0.25) is 0 Å². The van der Waals surface area contributed by atoms with Gasteiger partial charge in [0.15, 0.2) is 0 Å². The molecule has 3 heteroatoms. The first-order valence-corrected chi connectivity index (χ1v) is 8.93. The van der Waals surface area contributed by atoms with E-state index < -0.39 is 0 Å². The third kappa shape index (κ3) is 2.53. The normalized spacial score (nSPS) is 11.0. The van der Waals surface area contributed by atoms with Gasteiger partial charge in [-0.25, -0.2) is 0 Å². The molecular weight excluding hydrogens is 295 g/mol. The van der Waals surface area contributed by atoms with E-state index in [1.165, 1.54) is 30.8 Å². The zero-order valence-electron chi connectivity index (χ0n) is 13.2. The Balaban J connectivity index is 1.89. The Morgan fingerprint density at radius 2 is 1.13 bits per heavy atom. The molecule has 0 spiro atoms. The van der Waals surface area contributed by atoms with Crippen molar-refractivity contribution in [2.75, 3.05) is 0 Å². The molecule has 1 radical (unpaired) electrons. The van der Waals surface area contributed by atoms with Gasteiger partial charge in [0.2, 0.25) is 0 Å². The van der Waals surface area contributed by atoms with Crippen molar-refractivity contribution in [2.24, 2.45) is 0 Å². The number of aromatic nitrogens is 2. The Bertz CT molecular complexity index is 941. The van der Waals surface area contributed by atoms with E-state index in [2.05, 4.69) is 72.3 Å². The molecule has 2 aromatic heterocycles. The van der Waals surface area contributed by atoms with Crippen molar-refractivity contribution < 1.29 is 0 Å². The SMILES string of the molecule is Cc1ccnc2[c]([Al][c]3cccc4c(C)ccnc34)cccc12. The molecule has 4 aromatic rings. The third-order valence-electron chi connectivity index (χ3n) is 4.35. The van der Waals surface area contributed by atoms with E-state index in [0.717, 1.165) is 11.0 Å². The van der Waals surface area contributed by atoms with Crippen LogP contribution in [0.1, 0.15) is 11.1 Å². The fourth-order valence-corrected chi connectivity index (χ4v) is 4.56. The molecular formula is C20H16AlN2. The Kier molecular flexibility index (Phi) is 3.61. The van der Waals surface area contributed by atoms with Crippen molar-refractivity contribution in [1.29, 1.82) is 0 Å². The van der Waals surface area contributed by atoms with Gasteiger partial charge in [-0.1, -0.05) is 45.2 Å². The molecule has 2 heterocycles. The number of fused-ring (bicyclic) bond motifs is 2. The second kappa shape index (κ2) is 5.77. The van der Waals surface area contributed by atoms with Gasteiger partial charge in [-0.3, -0.25) is 9.97 Å². The topological polar surface area (TPSA) is 25.8 Å². The number of aryl methyl sites for hydroxylation is 2. The van der Waals surface area contributed by atoms with Crippen LogP contribution in [0.3, 0.4) is 0 Å². The van der Waals surface area contributed by atoms with Gasteiger partial charge in [0.25, 0.3) is 0 Å². The number of benzene rings is 2. The second-order valence-electron chi connectivity index (χ2n) is 5.89. The largest absolute Gasteiger partial charge is 0.305 e. The van der Waals surface area contributed by atoms with Crippen molar-refractivity contribution in [3.63, 3.8) is 0 Å². The Hall–Kier alpha value is -2.21. The molecule has 0 bridgehead atoms. The number of hydrogen-bond donors (Lipinski definition) is 0. The summed E-state index contributed by atoms with van der Waals surface area (Å²) in [5.41, 5.74) is 4.82. The zero-order chi connectivity index (χ0) is 15.8. The van der Waals surface area contributed by atoms with E-state index in [1.54, 1.807) is 0 Å². The van der Waals surface area contributed by atoms with E-state index in [4.69, 9.17) is 0 Å². The lowest BCUT2D eigenvalue weighted by molar-refractivity contribution is 1.37. The summed E-state index contributed by atoms with van der Waals surface area (Å²) in [6.45, 7) is 4.29. The van der Waals surface area contributed by atoms with E-state index in [1.807, 2.05) is 12.4 Å². The van der Waals surface area contributed by atoms with Crippen LogP contribution in [0, 0.1) is 13.8 Å². The summed E-state index contributed by atoms with van der Waals surface area (Å²) in [6, 6.07) is 17.2. The quantitative estimate of drug-likeness (QED) is 0.532. The number of hydrogen-bond acceptors (Lipinski definition) is 2. The van der Waals surface area contributed by atoms with E-state index >= 15 is 0 Å². The van der Waals surface area contributed by atoms with Gasteiger partial charge in [-0.05, 0) is 37.1 Å². The van der Waals surface area contributed by atoms with Gasteiger partial charge in [-0.15, -0.1) is 0 Å². The molecule has 0 saturated heterocycles. The third-order valence-corrected chi connectivity index (χ3v) is 5.91. The highest BCUT2D eigenvalue weighted by molar-refractivity contribution is 6.71. The van der Waals surface area contributed by atoms with Gasteiger partial charge >= 0.3 is 15.2 Å². The maximum Gasteiger partial charge on any atom is 0.305 e. The summed E-state index contributed by atoms with van der Waals surface area (Å²) in [5, 5.41) is 2.50. The molecule has 109 valence electrons. The first kappa shape index (κ1) is 14.4. The first-order chi connectivity index (χ1) is 11.2. The van der Waals surface area contributed by atoms with Crippen molar-refractivity contribution in [1.82, 2.24) is 9.97 Å². The van der Waals surface area contributed by atoms with Crippen molar-refractivity contribution in [3.8, 4) is 0 Å². The monoisotopic (exact) mass is 311 g/mol. The Labute approximate surface area is 141 Å². The predicted octanol–water partition coefficient (Wildman–Crippen LogP) is 3.05. The summed E-state index contributed by atoms with van der Waals surface area (Å²) in [4.78, 5) is 9.27. The number of para-hydroxylation sites is 2.